The minimum absolute atomic E-state index is 0.0870. The fourth-order valence-electron chi connectivity index (χ4n) is 12.2. The number of esters is 9. The van der Waals surface area contributed by atoms with Gasteiger partial charge in [0.1, 0.15) is 51.7 Å². The Kier molecular flexibility index (Phi) is 24.6. The van der Waals surface area contributed by atoms with Crippen LogP contribution < -0.4 is 56.8 Å². The topological polar surface area (TPSA) is 375 Å². The zero-order valence-electron chi connectivity index (χ0n) is 62.7. The summed E-state index contributed by atoms with van der Waals surface area (Å²) in [6, 6.07) is 73.2. The molecule has 0 saturated heterocycles. The summed E-state index contributed by atoms with van der Waals surface area (Å²) in [7, 11) is -17.0. The lowest BCUT2D eigenvalue weighted by atomic mass is 9.99. The zero-order valence-corrected chi connectivity index (χ0v) is 65.9. The fourth-order valence-corrected chi connectivity index (χ4v) is 16.2. The molecule has 0 fully saturated rings. The molecule has 0 aliphatic carbocycles. The molecule has 31 heteroatoms. The van der Waals surface area contributed by atoms with Crippen molar-refractivity contribution in [2.75, 3.05) is 14.2 Å². The molecular weight excluding hydrogens is 1650 g/mol. The van der Waals surface area contributed by atoms with Gasteiger partial charge in [0.15, 0.2) is 0 Å². The maximum absolute atomic E-state index is 16.2. The number of hydrogen-bond donors (Lipinski definition) is 3. The molecule has 0 unspecified atom stereocenters. The third-order valence-corrected chi connectivity index (χ3v) is 22.1. The Morgan fingerprint density at radius 1 is 0.221 bits per heavy atom. The Labute approximate surface area is 699 Å². The first-order valence-electron chi connectivity index (χ1n) is 36.2. The maximum Gasteiger partial charge on any atom is 0.345 e. The Morgan fingerprint density at radius 3 is 0.639 bits per heavy atom. The number of ether oxygens (including phenoxy) is 9. The second-order valence-corrected chi connectivity index (χ2v) is 31.3. The third kappa shape index (κ3) is 19.5. The molecular formula is C91H58ClN3O24S3. The number of fused-ring (bicyclic) bond motifs is 1. The van der Waals surface area contributed by atoms with Crippen molar-refractivity contribution >= 4 is 123 Å². The van der Waals surface area contributed by atoms with Crippen LogP contribution in [0, 0.1) is 0 Å². The summed E-state index contributed by atoms with van der Waals surface area (Å²) in [4.78, 5) is 129. The van der Waals surface area contributed by atoms with Crippen molar-refractivity contribution in [2.24, 2.45) is 0 Å². The van der Waals surface area contributed by atoms with E-state index in [1.807, 2.05) is 0 Å². The van der Waals surface area contributed by atoms with Crippen LogP contribution >= 0.6 is 11.6 Å². The Morgan fingerprint density at radius 2 is 0.418 bits per heavy atom. The van der Waals surface area contributed by atoms with Gasteiger partial charge in [-0.3, -0.25) is 14.2 Å². The number of benzene rings is 14. The minimum atomic E-state index is -5.76. The van der Waals surface area contributed by atoms with E-state index in [2.05, 4.69) is 14.2 Å². The van der Waals surface area contributed by atoms with Gasteiger partial charge in [-0.1, -0.05) is 175 Å². The first kappa shape index (κ1) is 82.6. The molecule has 0 saturated carbocycles. The van der Waals surface area contributed by atoms with Gasteiger partial charge in [-0.05, 0) is 170 Å². The van der Waals surface area contributed by atoms with E-state index in [-0.39, 0.29) is 51.7 Å². The van der Waals surface area contributed by atoms with Crippen LogP contribution in [0.15, 0.2) is 348 Å². The van der Waals surface area contributed by atoms with Gasteiger partial charge in [0.05, 0.1) is 81.8 Å². The van der Waals surface area contributed by atoms with Gasteiger partial charge in [-0.15, -0.1) is 0 Å². The van der Waals surface area contributed by atoms with Crippen molar-refractivity contribution in [1.29, 1.82) is 0 Å². The number of carbonyl (C=O) groups excluding carboxylic acids is 9. The van der Waals surface area contributed by atoms with E-state index < -0.39 is 181 Å². The molecule has 0 heterocycles. The second kappa shape index (κ2) is 36.3. The highest BCUT2D eigenvalue weighted by Crippen LogP contribution is 2.41. The van der Waals surface area contributed by atoms with Gasteiger partial charge in [-0.2, -0.15) is 0 Å². The summed E-state index contributed by atoms with van der Waals surface area (Å²) >= 11 is 7.09. The third-order valence-electron chi connectivity index (χ3n) is 17.5. The molecule has 606 valence electrons. The lowest BCUT2D eigenvalue weighted by Crippen LogP contribution is -2.25. The Balaban J connectivity index is 0.974. The average molecular weight is 1710 g/mol. The van der Waals surface area contributed by atoms with E-state index in [9.17, 15) is 43.2 Å². The molecule has 122 heavy (non-hydrogen) atoms. The lowest BCUT2D eigenvalue weighted by Gasteiger charge is -2.20. The number of anilines is 3. The van der Waals surface area contributed by atoms with Crippen LogP contribution in [0.3, 0.4) is 0 Å². The normalized spacial score (nSPS) is 11.2. The van der Waals surface area contributed by atoms with Crippen LogP contribution in [0.5, 0.6) is 51.7 Å². The maximum atomic E-state index is 16.2. The van der Waals surface area contributed by atoms with Crippen LogP contribution in [0.4, 0.5) is 17.1 Å². The molecule has 0 radical (unpaired) electrons. The molecule has 27 nitrogen and oxygen atoms in total. The number of hydrogen-bond acceptors (Lipinski definition) is 24. The molecule has 3 N–H and O–H groups in total. The number of halogens is 1. The van der Waals surface area contributed by atoms with Gasteiger partial charge in [0.25, 0.3) is 30.1 Å². The minimum Gasteiger partial charge on any atom is -0.423 e. The standard InChI is InChI=1S/C91H58ClN3O24S3/c92-76-46-47-77(121(107,108)94-57-50-72(85(98)113-61-32-14-3-15-33-61)80(90(103)118-66-42-24-8-25-43-66)73(51-57)86(99)114-62-34-16-4-17-35-62)69-54-68(120(105,106)93-56-48-70(83(96)111-59-28-10-1-11-29-59)79(89(102)117-65-40-22-7-23-41-65)71(49-56)84(97)112-60-30-12-2-13-31-60)55-78(82(69)76)122(109,110)95-58-52-74(87(100)115-63-36-18-5-19-37-63)81(91(104)119-67-44-26-9-27-45-67)75(53-58)88(101)116-64-38-20-6-21-39-64/h1-55,93-95H. The van der Waals surface area contributed by atoms with Gasteiger partial charge in [0, 0.05) is 15.8 Å². The quantitative estimate of drug-likeness (QED) is 0.0318. The Hall–Kier alpha value is -15.9. The van der Waals surface area contributed by atoms with Crippen molar-refractivity contribution in [3.05, 3.63) is 389 Å². The summed E-state index contributed by atoms with van der Waals surface area (Å²) in [6.07, 6.45) is 0. The SMILES string of the molecule is O=C(Oc1ccccc1)c1cc(NS(=O)(=O)c2cc(S(=O)(=O)Nc3cc(C(=O)Oc4ccccc4)c(C(=O)Oc4ccccc4)c(C(=O)Oc4ccccc4)c3)c3c(Cl)ccc(S(=O)(=O)Nc4cc(C(=O)Oc5ccccc5)c(C(=O)Oc5ccccc5)c(C(=O)Oc5ccccc5)c4)c3c2)cc(C(=O)Oc2ccccc2)c1C(=O)Oc1ccccc1. The van der Waals surface area contributed by atoms with Gasteiger partial charge in [-0.25, -0.2) is 68.4 Å². The highest BCUT2D eigenvalue weighted by molar-refractivity contribution is 7.94. The van der Waals surface area contributed by atoms with Crippen LogP contribution in [0.2, 0.25) is 5.02 Å². The molecule has 0 aliphatic heterocycles. The summed E-state index contributed by atoms with van der Waals surface area (Å²) in [5.41, 5.74) is -9.85. The molecule has 0 aliphatic rings. The summed E-state index contributed by atoms with van der Waals surface area (Å²) in [5.74, 6) is -13.5. The predicted molar refractivity (Wildman–Crippen MR) is 443 cm³/mol. The summed E-state index contributed by atoms with van der Waals surface area (Å²) in [5, 5.41) is -2.37. The molecule has 0 atom stereocenters. The fraction of sp³-hybridized carbons (Fsp3) is 0. The van der Waals surface area contributed by atoms with Crippen molar-refractivity contribution in [1.82, 2.24) is 0 Å². The lowest BCUT2D eigenvalue weighted by molar-refractivity contribution is 0.0673. The summed E-state index contributed by atoms with van der Waals surface area (Å²) in [6.45, 7) is 0. The van der Waals surface area contributed by atoms with Crippen LogP contribution in [-0.4, -0.2) is 79.0 Å². The predicted octanol–water partition coefficient (Wildman–Crippen LogP) is 16.9. The number of rotatable bonds is 27. The molecule has 0 bridgehead atoms. The molecule has 0 aromatic heterocycles. The van der Waals surface area contributed by atoms with Crippen LogP contribution in [0.25, 0.3) is 10.8 Å². The van der Waals surface area contributed by atoms with Crippen molar-refractivity contribution in [3.8, 4) is 51.7 Å². The van der Waals surface area contributed by atoms with Gasteiger partial charge >= 0.3 is 53.7 Å². The van der Waals surface area contributed by atoms with E-state index in [1.165, 1.54) is 218 Å². The molecule has 0 spiro atoms. The second-order valence-electron chi connectivity index (χ2n) is 25.9. The van der Waals surface area contributed by atoms with E-state index in [4.69, 9.17) is 54.2 Å². The first-order chi connectivity index (χ1) is 58.8. The number of sulfonamides is 3. The highest BCUT2D eigenvalue weighted by atomic mass is 35.5. The van der Waals surface area contributed by atoms with Crippen molar-refractivity contribution in [3.63, 3.8) is 0 Å². The van der Waals surface area contributed by atoms with E-state index in [0.29, 0.717) is 12.1 Å². The van der Waals surface area contributed by atoms with Crippen molar-refractivity contribution < 1.29 is 111 Å². The van der Waals surface area contributed by atoms with Gasteiger partial charge in [0.2, 0.25) is 0 Å². The van der Waals surface area contributed by atoms with Crippen LogP contribution in [-0.2, 0) is 30.1 Å². The Bertz CT molecular complexity index is 6570. The van der Waals surface area contributed by atoms with E-state index in [1.54, 1.807) is 54.6 Å². The largest absolute Gasteiger partial charge is 0.423 e. The number of nitrogens with one attached hydrogen (secondary N) is 3. The smallest absolute Gasteiger partial charge is 0.345 e. The zero-order chi connectivity index (χ0) is 85.7. The van der Waals surface area contributed by atoms with Crippen LogP contribution in [0.1, 0.15) is 93.2 Å². The highest BCUT2D eigenvalue weighted by Gasteiger charge is 2.37. The molecule has 14 rings (SSSR count). The van der Waals surface area contributed by atoms with E-state index >= 15 is 25.3 Å². The number of para-hydroxylation sites is 9. The monoisotopic (exact) mass is 1710 g/mol. The average Bonchev–Trinajstić information content (AvgIpc) is 0.728. The molecule has 14 aromatic rings. The van der Waals surface area contributed by atoms with Crippen molar-refractivity contribution in [2.45, 2.75) is 14.7 Å². The molecule has 0 amide bonds. The number of carbonyl (C=O) groups is 9. The van der Waals surface area contributed by atoms with Gasteiger partial charge < -0.3 is 42.6 Å². The van der Waals surface area contributed by atoms with E-state index in [0.717, 1.165) is 48.5 Å². The first-order valence-corrected chi connectivity index (χ1v) is 41.0. The molecule has 14 aromatic carbocycles. The summed E-state index contributed by atoms with van der Waals surface area (Å²) < 4.78 is 154.